The lowest BCUT2D eigenvalue weighted by molar-refractivity contribution is -0.113. The molecule has 10 heteroatoms. The van der Waals surface area contributed by atoms with Crippen LogP contribution >= 0.6 is 34.9 Å². The monoisotopic (exact) mass is 461 g/mol. The number of amides is 1. The molecule has 0 aliphatic carbocycles. The molecular weight excluding hydrogens is 438 g/mol. The molecule has 0 saturated heterocycles. The van der Waals surface area contributed by atoms with Gasteiger partial charge in [-0.2, -0.15) is 5.26 Å². The fourth-order valence-corrected chi connectivity index (χ4v) is 5.77. The third-order valence-corrected chi connectivity index (χ3v) is 7.81. The first-order valence-electron chi connectivity index (χ1n) is 9.54. The standard InChI is InChI=1S/C20H23N5O2S3/c1-4-5-9-28-19-23-24-20(30-19)29-12-17(26)22-18-16(10-21)13(2)14(3)25(18)11-15-7-6-8-27-15/h6-8H,4-5,9,11-12H2,1-3H3,(H,22,26). The van der Waals surface area contributed by atoms with Gasteiger partial charge in [-0.05, 0) is 38.0 Å². The molecule has 3 aromatic rings. The van der Waals surface area contributed by atoms with Crippen molar-refractivity contribution in [2.24, 2.45) is 0 Å². The lowest BCUT2D eigenvalue weighted by Gasteiger charge is -2.11. The summed E-state index contributed by atoms with van der Waals surface area (Å²) < 4.78 is 9.04. The van der Waals surface area contributed by atoms with E-state index in [1.807, 2.05) is 30.5 Å². The minimum Gasteiger partial charge on any atom is -0.467 e. The van der Waals surface area contributed by atoms with Crippen LogP contribution in [0.3, 0.4) is 0 Å². The number of aromatic nitrogens is 3. The molecule has 0 bridgehead atoms. The Morgan fingerprint density at radius 3 is 2.77 bits per heavy atom. The Hall–Kier alpha value is -2.22. The van der Waals surface area contributed by atoms with E-state index in [0.717, 1.165) is 44.3 Å². The zero-order valence-electron chi connectivity index (χ0n) is 17.1. The first-order chi connectivity index (χ1) is 14.5. The average molecular weight is 462 g/mol. The normalized spacial score (nSPS) is 10.9. The smallest absolute Gasteiger partial charge is 0.235 e. The molecule has 3 heterocycles. The van der Waals surface area contributed by atoms with E-state index in [4.69, 9.17) is 4.42 Å². The third kappa shape index (κ3) is 5.47. The number of rotatable bonds is 10. The van der Waals surface area contributed by atoms with Crippen molar-refractivity contribution < 1.29 is 9.21 Å². The van der Waals surface area contributed by atoms with Crippen LogP contribution in [0, 0.1) is 25.2 Å². The van der Waals surface area contributed by atoms with E-state index in [-0.39, 0.29) is 11.7 Å². The van der Waals surface area contributed by atoms with Crippen molar-refractivity contribution in [3.05, 3.63) is 41.0 Å². The van der Waals surface area contributed by atoms with Crippen molar-refractivity contribution in [3.8, 4) is 6.07 Å². The van der Waals surface area contributed by atoms with Crippen molar-refractivity contribution in [3.63, 3.8) is 0 Å². The lowest BCUT2D eigenvalue weighted by atomic mass is 10.2. The van der Waals surface area contributed by atoms with Crippen LogP contribution in [0.5, 0.6) is 0 Å². The number of carbonyl (C=O) groups excluding carboxylic acids is 1. The molecule has 0 aliphatic heterocycles. The van der Waals surface area contributed by atoms with Crippen LogP contribution in [0.15, 0.2) is 31.5 Å². The number of nitriles is 1. The number of furan rings is 1. The Balaban J connectivity index is 1.66. The average Bonchev–Trinajstić information content (AvgIpc) is 3.45. The number of thioether (sulfide) groups is 2. The molecule has 1 N–H and O–H groups in total. The molecule has 7 nitrogen and oxygen atoms in total. The highest BCUT2D eigenvalue weighted by Gasteiger charge is 2.20. The number of carbonyl (C=O) groups is 1. The summed E-state index contributed by atoms with van der Waals surface area (Å²) in [6.45, 7) is 6.42. The van der Waals surface area contributed by atoms with Crippen molar-refractivity contribution in [1.29, 1.82) is 5.26 Å². The molecule has 3 aromatic heterocycles. The molecule has 3 rings (SSSR count). The molecule has 0 spiro atoms. The van der Waals surface area contributed by atoms with E-state index in [1.54, 1.807) is 18.0 Å². The quantitative estimate of drug-likeness (QED) is 0.332. The number of unbranched alkanes of at least 4 members (excludes halogenated alkanes) is 1. The van der Waals surface area contributed by atoms with Gasteiger partial charge in [-0.1, -0.05) is 48.2 Å². The van der Waals surface area contributed by atoms with Gasteiger partial charge in [0.25, 0.3) is 0 Å². The first-order valence-corrected chi connectivity index (χ1v) is 12.3. The summed E-state index contributed by atoms with van der Waals surface area (Å²) in [5.41, 5.74) is 2.25. The van der Waals surface area contributed by atoms with Crippen molar-refractivity contribution >= 4 is 46.6 Å². The molecule has 30 heavy (non-hydrogen) atoms. The van der Waals surface area contributed by atoms with Gasteiger partial charge in [0.2, 0.25) is 5.91 Å². The van der Waals surface area contributed by atoms with Crippen LogP contribution in [-0.2, 0) is 11.3 Å². The molecule has 0 aliphatic rings. The Labute approximate surface area is 188 Å². The molecule has 0 unspecified atom stereocenters. The number of nitrogens with one attached hydrogen (secondary N) is 1. The van der Waals surface area contributed by atoms with Crippen LogP contribution in [0.2, 0.25) is 0 Å². The second-order valence-electron chi connectivity index (χ2n) is 6.58. The Morgan fingerprint density at radius 2 is 2.10 bits per heavy atom. The van der Waals surface area contributed by atoms with E-state index in [0.29, 0.717) is 17.9 Å². The highest BCUT2D eigenvalue weighted by molar-refractivity contribution is 8.03. The van der Waals surface area contributed by atoms with Crippen LogP contribution in [-0.4, -0.2) is 32.2 Å². The molecule has 0 atom stereocenters. The molecule has 0 fully saturated rings. The Kier molecular flexibility index (Phi) is 8.01. The zero-order chi connectivity index (χ0) is 21.5. The summed E-state index contributed by atoms with van der Waals surface area (Å²) in [5, 5.41) is 20.9. The van der Waals surface area contributed by atoms with Gasteiger partial charge in [0.05, 0.1) is 24.1 Å². The van der Waals surface area contributed by atoms with E-state index >= 15 is 0 Å². The van der Waals surface area contributed by atoms with Crippen LogP contribution in [0.25, 0.3) is 0 Å². The summed E-state index contributed by atoms with van der Waals surface area (Å²) in [6, 6.07) is 5.90. The third-order valence-electron chi connectivity index (χ3n) is 4.53. The van der Waals surface area contributed by atoms with Crippen LogP contribution in [0.4, 0.5) is 5.82 Å². The molecule has 158 valence electrons. The van der Waals surface area contributed by atoms with E-state index < -0.39 is 0 Å². The summed E-state index contributed by atoms with van der Waals surface area (Å²) >= 11 is 4.56. The van der Waals surface area contributed by atoms with E-state index in [2.05, 4.69) is 28.5 Å². The van der Waals surface area contributed by atoms with Crippen molar-refractivity contribution in [1.82, 2.24) is 14.8 Å². The lowest BCUT2D eigenvalue weighted by Crippen LogP contribution is -2.18. The number of hydrogen-bond donors (Lipinski definition) is 1. The Bertz CT molecular complexity index is 1030. The highest BCUT2D eigenvalue weighted by Crippen LogP contribution is 2.30. The van der Waals surface area contributed by atoms with Gasteiger partial charge >= 0.3 is 0 Å². The summed E-state index contributed by atoms with van der Waals surface area (Å²) in [4.78, 5) is 12.6. The van der Waals surface area contributed by atoms with Crippen LogP contribution in [0.1, 0.15) is 42.3 Å². The molecule has 0 saturated carbocycles. The topological polar surface area (TPSA) is 96.7 Å². The summed E-state index contributed by atoms with van der Waals surface area (Å²) in [5.74, 6) is 2.29. The van der Waals surface area contributed by atoms with E-state index in [9.17, 15) is 10.1 Å². The number of anilines is 1. The van der Waals surface area contributed by atoms with Gasteiger partial charge < -0.3 is 14.3 Å². The predicted octanol–water partition coefficient (Wildman–Crippen LogP) is 5.09. The maximum Gasteiger partial charge on any atom is 0.235 e. The summed E-state index contributed by atoms with van der Waals surface area (Å²) in [6.07, 6.45) is 3.91. The molecule has 0 radical (unpaired) electrons. The number of hydrogen-bond acceptors (Lipinski definition) is 8. The maximum atomic E-state index is 12.6. The SMILES string of the molecule is CCCCSc1nnc(SCC(=O)Nc2c(C#N)c(C)c(C)n2Cc2ccco2)s1. The molecule has 1 amide bonds. The van der Waals surface area contributed by atoms with Gasteiger partial charge in [-0.25, -0.2) is 0 Å². The minimum absolute atomic E-state index is 0.190. The predicted molar refractivity (Wildman–Crippen MR) is 121 cm³/mol. The molecular formula is C20H23N5O2S3. The van der Waals surface area contributed by atoms with Gasteiger partial charge in [-0.15, -0.1) is 10.2 Å². The summed E-state index contributed by atoms with van der Waals surface area (Å²) in [7, 11) is 0. The number of nitrogens with zero attached hydrogens (tertiary/aromatic N) is 4. The van der Waals surface area contributed by atoms with E-state index in [1.165, 1.54) is 23.1 Å². The van der Waals surface area contributed by atoms with Gasteiger partial charge in [0.1, 0.15) is 17.6 Å². The second-order valence-corrected chi connectivity index (χ2v) is 10.1. The van der Waals surface area contributed by atoms with Gasteiger partial charge in [0, 0.05) is 11.4 Å². The fourth-order valence-electron chi connectivity index (χ4n) is 2.80. The minimum atomic E-state index is -0.190. The maximum absolute atomic E-state index is 12.6. The fraction of sp³-hybridized carbons (Fsp3) is 0.400. The van der Waals surface area contributed by atoms with Crippen molar-refractivity contribution in [2.75, 3.05) is 16.8 Å². The zero-order valence-corrected chi connectivity index (χ0v) is 19.5. The van der Waals surface area contributed by atoms with Crippen molar-refractivity contribution in [2.45, 2.75) is 48.8 Å². The first kappa shape index (κ1) is 22.5. The van der Waals surface area contributed by atoms with Gasteiger partial charge in [0.15, 0.2) is 8.68 Å². The largest absolute Gasteiger partial charge is 0.467 e. The Morgan fingerprint density at radius 1 is 1.33 bits per heavy atom. The highest BCUT2D eigenvalue weighted by atomic mass is 32.2. The van der Waals surface area contributed by atoms with Gasteiger partial charge in [-0.3, -0.25) is 4.79 Å². The second kappa shape index (κ2) is 10.7. The molecule has 0 aromatic carbocycles. The van der Waals surface area contributed by atoms with Crippen LogP contribution < -0.4 is 5.32 Å².